The first-order chi connectivity index (χ1) is 12.2. The normalized spacial score (nSPS) is 17.2. The molecule has 3 aromatic rings. The van der Waals surface area contributed by atoms with Crippen LogP contribution in [-0.2, 0) is 6.54 Å². The number of likely N-dealkylation sites (tertiary alicyclic amines) is 1. The number of aryl methyl sites for hydroxylation is 1. The zero-order valence-corrected chi connectivity index (χ0v) is 14.2. The lowest BCUT2D eigenvalue weighted by Crippen LogP contribution is -2.39. The van der Waals surface area contributed by atoms with Gasteiger partial charge in [-0.3, -0.25) is 14.0 Å². The third-order valence-electron chi connectivity index (χ3n) is 4.69. The third kappa shape index (κ3) is 3.07. The van der Waals surface area contributed by atoms with Crippen molar-refractivity contribution < 1.29 is 4.79 Å². The zero-order chi connectivity index (χ0) is 17.2. The highest BCUT2D eigenvalue weighted by atomic mass is 16.2. The second-order valence-corrected chi connectivity index (χ2v) is 6.52. The summed E-state index contributed by atoms with van der Waals surface area (Å²) in [6, 6.07) is 10.0. The minimum absolute atomic E-state index is 0.0349. The molecule has 0 bridgehead atoms. The van der Waals surface area contributed by atoms with Crippen molar-refractivity contribution in [3.05, 3.63) is 66.5 Å². The van der Waals surface area contributed by atoms with Gasteiger partial charge in [0, 0.05) is 18.4 Å². The molecule has 6 heteroatoms. The molecule has 4 rings (SSSR count). The highest BCUT2D eigenvalue weighted by molar-refractivity contribution is 5.93. The van der Waals surface area contributed by atoms with Gasteiger partial charge >= 0.3 is 0 Å². The van der Waals surface area contributed by atoms with E-state index in [1.165, 1.54) is 0 Å². The summed E-state index contributed by atoms with van der Waals surface area (Å²) in [7, 11) is 0. The van der Waals surface area contributed by atoms with Crippen LogP contribution < -0.4 is 0 Å². The van der Waals surface area contributed by atoms with E-state index in [1.807, 2.05) is 63.8 Å². The first-order valence-corrected chi connectivity index (χ1v) is 8.60. The van der Waals surface area contributed by atoms with E-state index in [4.69, 9.17) is 0 Å². The van der Waals surface area contributed by atoms with Crippen LogP contribution in [0.25, 0.3) is 5.69 Å². The smallest absolute Gasteiger partial charge is 0.272 e. The maximum atomic E-state index is 13.1. The van der Waals surface area contributed by atoms with Crippen molar-refractivity contribution in [2.45, 2.75) is 32.4 Å². The van der Waals surface area contributed by atoms with Gasteiger partial charge in [0.2, 0.25) is 0 Å². The van der Waals surface area contributed by atoms with Gasteiger partial charge in [0.25, 0.3) is 5.91 Å². The van der Waals surface area contributed by atoms with Gasteiger partial charge in [-0.05, 0) is 37.5 Å². The topological polar surface area (TPSA) is 56.0 Å². The highest BCUT2D eigenvalue weighted by Gasteiger charge is 2.31. The fraction of sp³-hybridized carbons (Fsp3) is 0.316. The van der Waals surface area contributed by atoms with E-state index in [2.05, 4.69) is 10.1 Å². The molecule has 0 saturated carbocycles. The highest BCUT2D eigenvalue weighted by Crippen LogP contribution is 2.22. The first-order valence-electron chi connectivity index (χ1n) is 8.60. The standard InChI is InChI=1S/C19H21N5O/c1-15-10-21-22(12-15)13-17-8-5-9-23(17)19(25)18-11-20-14-24(18)16-6-3-2-4-7-16/h2-4,6-7,10-12,14,17H,5,8-9,13H2,1H3/t17-/m0/s1. The molecule has 2 aromatic heterocycles. The third-order valence-corrected chi connectivity index (χ3v) is 4.69. The van der Waals surface area contributed by atoms with Gasteiger partial charge < -0.3 is 4.90 Å². The lowest BCUT2D eigenvalue weighted by molar-refractivity contribution is 0.0713. The Morgan fingerprint density at radius 3 is 2.84 bits per heavy atom. The molecule has 1 fully saturated rings. The molecule has 1 aliphatic rings. The Bertz CT molecular complexity index is 867. The number of hydrogen-bond acceptors (Lipinski definition) is 3. The molecule has 3 heterocycles. The largest absolute Gasteiger partial charge is 0.332 e. The lowest BCUT2D eigenvalue weighted by Gasteiger charge is -2.25. The van der Waals surface area contributed by atoms with Gasteiger partial charge in [-0.1, -0.05) is 18.2 Å². The molecule has 0 unspecified atom stereocenters. The molecule has 6 nitrogen and oxygen atoms in total. The van der Waals surface area contributed by atoms with Crippen LogP contribution in [-0.4, -0.2) is 42.7 Å². The average Bonchev–Trinajstić information content (AvgIpc) is 3.36. The predicted molar refractivity (Wildman–Crippen MR) is 94.6 cm³/mol. The van der Waals surface area contributed by atoms with Crippen molar-refractivity contribution in [2.24, 2.45) is 0 Å². The molecule has 1 aliphatic heterocycles. The van der Waals surface area contributed by atoms with Gasteiger partial charge in [0.1, 0.15) is 5.69 Å². The minimum Gasteiger partial charge on any atom is -0.332 e. The summed E-state index contributed by atoms with van der Waals surface area (Å²) in [6.45, 7) is 3.54. The van der Waals surface area contributed by atoms with Gasteiger partial charge in [0.05, 0.1) is 31.3 Å². The second-order valence-electron chi connectivity index (χ2n) is 6.52. The van der Waals surface area contributed by atoms with E-state index >= 15 is 0 Å². The van der Waals surface area contributed by atoms with Gasteiger partial charge in [-0.25, -0.2) is 4.98 Å². The Morgan fingerprint density at radius 2 is 2.08 bits per heavy atom. The van der Waals surface area contributed by atoms with Gasteiger partial charge in [-0.15, -0.1) is 0 Å². The van der Waals surface area contributed by atoms with Crippen molar-refractivity contribution in [1.29, 1.82) is 0 Å². The number of aromatic nitrogens is 4. The molecule has 1 atom stereocenters. The Morgan fingerprint density at radius 1 is 1.24 bits per heavy atom. The van der Waals surface area contributed by atoms with Crippen molar-refractivity contribution in [3.63, 3.8) is 0 Å². The number of para-hydroxylation sites is 1. The molecule has 128 valence electrons. The number of benzene rings is 1. The molecule has 1 saturated heterocycles. The Labute approximate surface area is 146 Å². The molecular formula is C19H21N5O. The molecule has 0 spiro atoms. The van der Waals surface area contributed by atoms with Crippen LogP contribution in [0.5, 0.6) is 0 Å². The van der Waals surface area contributed by atoms with Gasteiger partial charge in [0.15, 0.2) is 0 Å². The number of carbonyl (C=O) groups excluding carboxylic acids is 1. The van der Waals surface area contributed by atoms with E-state index in [0.717, 1.165) is 37.2 Å². The number of carbonyl (C=O) groups is 1. The maximum Gasteiger partial charge on any atom is 0.272 e. The Balaban J connectivity index is 1.57. The van der Waals surface area contributed by atoms with Crippen LogP contribution in [0, 0.1) is 6.92 Å². The predicted octanol–water partition coefficient (Wildman–Crippen LogP) is 2.68. The first kappa shape index (κ1) is 15.6. The number of hydrogen-bond donors (Lipinski definition) is 0. The van der Waals surface area contributed by atoms with E-state index in [-0.39, 0.29) is 11.9 Å². The van der Waals surface area contributed by atoms with E-state index < -0.39 is 0 Å². The summed E-state index contributed by atoms with van der Waals surface area (Å²) >= 11 is 0. The molecule has 25 heavy (non-hydrogen) atoms. The van der Waals surface area contributed by atoms with Crippen molar-refractivity contribution in [3.8, 4) is 5.69 Å². The summed E-state index contributed by atoms with van der Waals surface area (Å²) in [4.78, 5) is 19.3. The zero-order valence-electron chi connectivity index (χ0n) is 14.2. The van der Waals surface area contributed by atoms with E-state index in [1.54, 1.807) is 12.5 Å². The van der Waals surface area contributed by atoms with Crippen molar-refractivity contribution >= 4 is 5.91 Å². The molecule has 1 amide bonds. The molecular weight excluding hydrogens is 314 g/mol. The fourth-order valence-electron chi connectivity index (χ4n) is 3.47. The monoisotopic (exact) mass is 335 g/mol. The summed E-state index contributed by atoms with van der Waals surface area (Å²) in [5.74, 6) is 0.0349. The van der Waals surface area contributed by atoms with E-state index in [9.17, 15) is 4.79 Å². The minimum atomic E-state index is 0.0349. The summed E-state index contributed by atoms with van der Waals surface area (Å²) in [6.07, 6.45) is 9.26. The molecule has 0 radical (unpaired) electrons. The summed E-state index contributed by atoms with van der Waals surface area (Å²) < 4.78 is 3.79. The second kappa shape index (κ2) is 6.55. The summed E-state index contributed by atoms with van der Waals surface area (Å²) in [5.41, 5.74) is 2.69. The Hall–Kier alpha value is -2.89. The fourth-order valence-corrected chi connectivity index (χ4v) is 3.47. The lowest BCUT2D eigenvalue weighted by atomic mass is 10.2. The number of imidazole rings is 1. The number of nitrogens with zero attached hydrogens (tertiary/aromatic N) is 5. The van der Waals surface area contributed by atoms with Crippen LogP contribution >= 0.6 is 0 Å². The number of amides is 1. The van der Waals surface area contributed by atoms with Crippen LogP contribution in [0.2, 0.25) is 0 Å². The molecule has 0 aliphatic carbocycles. The van der Waals surface area contributed by atoms with Crippen molar-refractivity contribution in [1.82, 2.24) is 24.2 Å². The van der Waals surface area contributed by atoms with Crippen LogP contribution in [0.1, 0.15) is 28.9 Å². The average molecular weight is 335 g/mol. The van der Waals surface area contributed by atoms with Crippen LogP contribution in [0.15, 0.2) is 55.2 Å². The molecule has 0 N–H and O–H groups in total. The van der Waals surface area contributed by atoms with Crippen LogP contribution in [0.3, 0.4) is 0 Å². The van der Waals surface area contributed by atoms with Crippen LogP contribution in [0.4, 0.5) is 0 Å². The quantitative estimate of drug-likeness (QED) is 0.736. The Kier molecular flexibility index (Phi) is 4.09. The summed E-state index contributed by atoms with van der Waals surface area (Å²) in [5, 5.41) is 4.36. The SMILES string of the molecule is Cc1cnn(C[C@@H]2CCCN2C(=O)c2cncn2-c2ccccc2)c1. The maximum absolute atomic E-state index is 13.1. The number of rotatable bonds is 4. The van der Waals surface area contributed by atoms with Gasteiger partial charge in [-0.2, -0.15) is 5.10 Å². The van der Waals surface area contributed by atoms with Crippen molar-refractivity contribution in [2.75, 3.05) is 6.54 Å². The molecule has 1 aromatic carbocycles. The van der Waals surface area contributed by atoms with E-state index in [0.29, 0.717) is 5.69 Å².